The van der Waals surface area contributed by atoms with Crippen LogP contribution in [-0.4, -0.2) is 24.6 Å². The Morgan fingerprint density at radius 3 is 2.12 bits per heavy atom. The van der Waals surface area contributed by atoms with E-state index in [1.54, 1.807) is 43.4 Å². The maximum atomic E-state index is 10.9. The SMILES string of the molecule is CC(=O)c1ccc(CC(N)=O)cc1.CNC(=O)Cc1cccc(Cl)c1. The summed E-state index contributed by atoms with van der Waals surface area (Å²) in [4.78, 5) is 32.4. The van der Waals surface area contributed by atoms with Gasteiger partial charge in [0.1, 0.15) is 0 Å². The molecule has 0 bridgehead atoms. The van der Waals surface area contributed by atoms with Gasteiger partial charge < -0.3 is 11.1 Å². The first-order chi connectivity index (χ1) is 11.8. The van der Waals surface area contributed by atoms with Gasteiger partial charge in [0.05, 0.1) is 12.8 Å². The van der Waals surface area contributed by atoms with Crippen molar-refractivity contribution in [2.75, 3.05) is 7.05 Å². The minimum atomic E-state index is -0.365. The third kappa shape index (κ3) is 8.13. The van der Waals surface area contributed by atoms with E-state index in [0.717, 1.165) is 11.1 Å². The van der Waals surface area contributed by atoms with Crippen molar-refractivity contribution in [3.63, 3.8) is 0 Å². The summed E-state index contributed by atoms with van der Waals surface area (Å²) < 4.78 is 0. The highest BCUT2D eigenvalue weighted by atomic mass is 35.5. The van der Waals surface area contributed by atoms with E-state index in [9.17, 15) is 14.4 Å². The zero-order valence-corrected chi connectivity index (χ0v) is 15.0. The number of carbonyl (C=O) groups is 3. The van der Waals surface area contributed by atoms with Crippen molar-refractivity contribution >= 4 is 29.2 Å². The van der Waals surface area contributed by atoms with E-state index < -0.39 is 0 Å². The van der Waals surface area contributed by atoms with Gasteiger partial charge in [0.15, 0.2) is 5.78 Å². The molecule has 0 aliphatic rings. The fourth-order valence-electron chi connectivity index (χ4n) is 1.98. The Hall–Kier alpha value is -2.66. The van der Waals surface area contributed by atoms with Gasteiger partial charge in [0.25, 0.3) is 0 Å². The number of hydrogen-bond acceptors (Lipinski definition) is 3. The Morgan fingerprint density at radius 2 is 1.64 bits per heavy atom. The van der Waals surface area contributed by atoms with Crippen molar-refractivity contribution in [2.45, 2.75) is 19.8 Å². The maximum Gasteiger partial charge on any atom is 0.224 e. The summed E-state index contributed by atoms with van der Waals surface area (Å²) >= 11 is 5.74. The Morgan fingerprint density at radius 1 is 1.00 bits per heavy atom. The molecule has 2 rings (SSSR count). The van der Waals surface area contributed by atoms with E-state index in [-0.39, 0.29) is 24.0 Å². The highest BCUT2D eigenvalue weighted by Crippen LogP contribution is 2.10. The van der Waals surface area contributed by atoms with Gasteiger partial charge >= 0.3 is 0 Å². The molecule has 0 spiro atoms. The van der Waals surface area contributed by atoms with Crippen molar-refractivity contribution in [3.8, 4) is 0 Å². The van der Waals surface area contributed by atoms with Gasteiger partial charge in [-0.1, -0.05) is 48.0 Å². The maximum absolute atomic E-state index is 10.9. The number of Topliss-reactive ketones (excluding diaryl/α,β-unsaturated/α-hetero) is 1. The van der Waals surface area contributed by atoms with E-state index in [2.05, 4.69) is 5.32 Å². The second-order valence-electron chi connectivity index (χ2n) is 5.38. The van der Waals surface area contributed by atoms with Crippen LogP contribution in [0.3, 0.4) is 0 Å². The average molecular weight is 361 g/mol. The van der Waals surface area contributed by atoms with Crippen LogP contribution in [0.25, 0.3) is 0 Å². The molecule has 0 unspecified atom stereocenters. The van der Waals surface area contributed by atoms with Crippen LogP contribution in [0.1, 0.15) is 28.4 Å². The lowest BCUT2D eigenvalue weighted by atomic mass is 10.1. The molecule has 0 aliphatic heterocycles. The molecule has 0 fully saturated rings. The molecule has 5 nitrogen and oxygen atoms in total. The predicted octanol–water partition coefficient (Wildman–Crippen LogP) is 2.55. The fourth-order valence-corrected chi connectivity index (χ4v) is 2.19. The monoisotopic (exact) mass is 360 g/mol. The van der Waals surface area contributed by atoms with Crippen LogP contribution in [0, 0.1) is 0 Å². The first kappa shape index (κ1) is 20.4. The van der Waals surface area contributed by atoms with Gasteiger partial charge in [-0.15, -0.1) is 0 Å². The lowest BCUT2D eigenvalue weighted by Gasteiger charge is -1.99. The Kier molecular flexibility index (Phi) is 8.36. The number of primary amides is 1. The number of nitrogens with one attached hydrogen (secondary N) is 1. The van der Waals surface area contributed by atoms with E-state index in [1.807, 2.05) is 12.1 Å². The van der Waals surface area contributed by atoms with Crippen LogP contribution in [0.5, 0.6) is 0 Å². The van der Waals surface area contributed by atoms with Crippen LogP contribution in [0.4, 0.5) is 0 Å². The van der Waals surface area contributed by atoms with Crippen molar-refractivity contribution < 1.29 is 14.4 Å². The highest BCUT2D eigenvalue weighted by Gasteiger charge is 2.01. The van der Waals surface area contributed by atoms with E-state index in [4.69, 9.17) is 17.3 Å². The molecule has 0 saturated carbocycles. The van der Waals surface area contributed by atoms with Crippen LogP contribution in [0.2, 0.25) is 5.02 Å². The first-order valence-corrected chi connectivity index (χ1v) is 8.02. The second-order valence-corrected chi connectivity index (χ2v) is 5.81. The van der Waals surface area contributed by atoms with Crippen molar-refractivity contribution in [1.29, 1.82) is 0 Å². The van der Waals surface area contributed by atoms with Crippen molar-refractivity contribution in [1.82, 2.24) is 5.32 Å². The van der Waals surface area contributed by atoms with Gasteiger partial charge in [-0.2, -0.15) is 0 Å². The number of benzene rings is 2. The standard InChI is InChI=1S/C10H11NO2.C9H10ClNO/c1-7(12)9-4-2-8(3-5-9)6-10(11)13;1-11-9(12)6-7-3-2-4-8(10)5-7/h2-5H,6H2,1H3,(H2,11,13);2-5H,6H2,1H3,(H,11,12). The van der Waals surface area contributed by atoms with Crippen molar-refractivity contribution in [3.05, 3.63) is 70.2 Å². The molecule has 2 aromatic carbocycles. The average Bonchev–Trinajstić information content (AvgIpc) is 2.55. The van der Waals surface area contributed by atoms with Gasteiger partial charge in [-0.25, -0.2) is 0 Å². The zero-order chi connectivity index (χ0) is 18.8. The molecule has 0 saturated heterocycles. The van der Waals surface area contributed by atoms with E-state index in [1.165, 1.54) is 6.92 Å². The third-order valence-electron chi connectivity index (χ3n) is 3.27. The van der Waals surface area contributed by atoms with Crippen LogP contribution >= 0.6 is 11.6 Å². The molecule has 0 aromatic heterocycles. The third-order valence-corrected chi connectivity index (χ3v) is 3.51. The molecular formula is C19H21ClN2O3. The van der Waals surface area contributed by atoms with E-state index in [0.29, 0.717) is 17.0 Å². The largest absolute Gasteiger partial charge is 0.369 e. The normalized spacial score (nSPS) is 9.56. The molecule has 2 aromatic rings. The summed E-state index contributed by atoms with van der Waals surface area (Å²) in [6.45, 7) is 1.50. The number of rotatable bonds is 5. The summed E-state index contributed by atoms with van der Waals surface area (Å²) in [5, 5.41) is 3.21. The zero-order valence-electron chi connectivity index (χ0n) is 14.2. The van der Waals surface area contributed by atoms with E-state index >= 15 is 0 Å². The minimum Gasteiger partial charge on any atom is -0.369 e. The Labute approximate surface area is 152 Å². The van der Waals surface area contributed by atoms with Crippen LogP contribution in [0.15, 0.2) is 48.5 Å². The van der Waals surface area contributed by atoms with Crippen molar-refractivity contribution in [2.24, 2.45) is 5.73 Å². The van der Waals surface area contributed by atoms with Crippen LogP contribution < -0.4 is 11.1 Å². The molecule has 25 heavy (non-hydrogen) atoms. The molecule has 132 valence electrons. The molecule has 2 amide bonds. The topological polar surface area (TPSA) is 89.3 Å². The molecule has 0 heterocycles. The summed E-state index contributed by atoms with van der Waals surface area (Å²) in [5.74, 6) is -0.349. The first-order valence-electron chi connectivity index (χ1n) is 7.65. The molecule has 0 radical (unpaired) electrons. The van der Waals surface area contributed by atoms with Gasteiger partial charge in [0, 0.05) is 17.6 Å². The number of carbonyl (C=O) groups excluding carboxylic acids is 3. The quantitative estimate of drug-likeness (QED) is 0.803. The summed E-state index contributed by atoms with van der Waals surface area (Å²) in [5.41, 5.74) is 7.43. The number of hydrogen-bond donors (Lipinski definition) is 2. The highest BCUT2D eigenvalue weighted by molar-refractivity contribution is 6.30. The lowest BCUT2D eigenvalue weighted by Crippen LogP contribution is -2.19. The molecule has 0 atom stereocenters. The molecule has 6 heteroatoms. The number of amides is 2. The number of halogens is 1. The lowest BCUT2D eigenvalue weighted by molar-refractivity contribution is -0.120. The minimum absolute atomic E-state index is 0.00253. The van der Waals surface area contributed by atoms with Gasteiger partial charge in [0.2, 0.25) is 11.8 Å². The van der Waals surface area contributed by atoms with Gasteiger partial charge in [-0.3, -0.25) is 14.4 Å². The molecule has 0 aliphatic carbocycles. The number of likely N-dealkylation sites (N-methyl/N-ethyl adjacent to an activating group) is 1. The molecular weight excluding hydrogens is 340 g/mol. The predicted molar refractivity (Wildman–Crippen MR) is 98.6 cm³/mol. The Balaban J connectivity index is 0.000000251. The number of nitrogens with two attached hydrogens (primary N) is 1. The molecule has 3 N–H and O–H groups in total. The summed E-state index contributed by atoms with van der Waals surface area (Å²) in [6, 6.07) is 14.2. The Bertz CT molecular complexity index is 743. The van der Waals surface area contributed by atoms with Crippen LogP contribution in [-0.2, 0) is 22.4 Å². The fraction of sp³-hybridized carbons (Fsp3) is 0.211. The van der Waals surface area contributed by atoms with Gasteiger partial charge in [-0.05, 0) is 30.2 Å². The summed E-state index contributed by atoms with van der Waals surface area (Å²) in [7, 11) is 1.62. The second kappa shape index (κ2) is 10.3. The smallest absolute Gasteiger partial charge is 0.224 e. The number of ketones is 1. The summed E-state index contributed by atoms with van der Waals surface area (Å²) in [6.07, 6.45) is 0.606.